The number of nitrogens with zero attached hydrogens (tertiary/aromatic N) is 2. The van der Waals surface area contributed by atoms with E-state index in [0.717, 1.165) is 31.5 Å². The molecule has 3 rings (SSSR count). The quantitative estimate of drug-likeness (QED) is 0.839. The van der Waals surface area contributed by atoms with E-state index in [9.17, 15) is 4.79 Å². The molecule has 0 saturated carbocycles. The van der Waals surface area contributed by atoms with Crippen molar-refractivity contribution >= 4 is 29.1 Å². The second-order valence-electron chi connectivity index (χ2n) is 5.33. The Hall–Kier alpha value is -1.52. The Morgan fingerprint density at radius 2 is 2.05 bits per heavy atom. The Morgan fingerprint density at radius 1 is 1.27 bits per heavy atom. The third kappa shape index (κ3) is 3.45. The molecule has 1 aliphatic heterocycles. The van der Waals surface area contributed by atoms with Gasteiger partial charge in [-0.15, -0.1) is 0 Å². The molecule has 2 heterocycles. The number of benzene rings is 1. The van der Waals surface area contributed by atoms with Gasteiger partial charge in [-0.2, -0.15) is 0 Å². The van der Waals surface area contributed by atoms with E-state index in [1.54, 1.807) is 24.4 Å². The number of oxazole rings is 1. The van der Waals surface area contributed by atoms with Crippen LogP contribution >= 0.6 is 23.2 Å². The molecule has 4 nitrogen and oxygen atoms in total. The third-order valence-corrected chi connectivity index (χ3v) is 4.31. The number of amides is 1. The molecule has 0 N–H and O–H groups in total. The highest BCUT2D eigenvalue weighted by molar-refractivity contribution is 6.36. The topological polar surface area (TPSA) is 46.3 Å². The molecule has 1 aliphatic rings. The van der Waals surface area contributed by atoms with E-state index < -0.39 is 0 Å². The van der Waals surface area contributed by atoms with Crippen LogP contribution in [0.25, 0.3) is 11.3 Å². The van der Waals surface area contributed by atoms with Gasteiger partial charge in [0.05, 0.1) is 11.2 Å². The van der Waals surface area contributed by atoms with Crippen molar-refractivity contribution in [3.63, 3.8) is 0 Å². The van der Waals surface area contributed by atoms with E-state index in [2.05, 4.69) is 4.98 Å². The van der Waals surface area contributed by atoms with Crippen LogP contribution in [-0.4, -0.2) is 28.9 Å². The number of carbonyl (C=O) groups excluding carboxylic acids is 1. The first-order chi connectivity index (χ1) is 10.6. The minimum absolute atomic E-state index is 0.168. The maximum atomic E-state index is 12.0. The zero-order valence-corrected chi connectivity index (χ0v) is 13.5. The highest BCUT2D eigenvalue weighted by Gasteiger charge is 2.18. The molecule has 1 fully saturated rings. The van der Waals surface area contributed by atoms with Crippen molar-refractivity contribution in [1.29, 1.82) is 0 Å². The molecule has 22 heavy (non-hydrogen) atoms. The lowest BCUT2D eigenvalue weighted by Crippen LogP contribution is -2.27. The first-order valence-corrected chi connectivity index (χ1v) is 8.07. The summed E-state index contributed by atoms with van der Waals surface area (Å²) in [5.74, 6) is 1.31. The lowest BCUT2D eigenvalue weighted by molar-refractivity contribution is -0.130. The van der Waals surface area contributed by atoms with Crippen LogP contribution < -0.4 is 0 Å². The van der Waals surface area contributed by atoms with Crippen molar-refractivity contribution < 1.29 is 9.21 Å². The Labute approximate surface area is 139 Å². The number of aryl methyl sites for hydroxylation is 1. The van der Waals surface area contributed by atoms with Gasteiger partial charge in [-0.25, -0.2) is 4.98 Å². The molecule has 6 heteroatoms. The van der Waals surface area contributed by atoms with E-state index in [-0.39, 0.29) is 5.91 Å². The zero-order valence-electron chi connectivity index (χ0n) is 12.0. The molecule has 1 aromatic carbocycles. The van der Waals surface area contributed by atoms with Gasteiger partial charge in [0.2, 0.25) is 5.91 Å². The van der Waals surface area contributed by atoms with Crippen LogP contribution in [0.2, 0.25) is 10.0 Å². The van der Waals surface area contributed by atoms with Gasteiger partial charge in [-0.3, -0.25) is 4.79 Å². The van der Waals surface area contributed by atoms with Crippen LogP contribution in [-0.2, 0) is 11.2 Å². The van der Waals surface area contributed by atoms with Crippen LogP contribution in [0, 0.1) is 0 Å². The second-order valence-corrected chi connectivity index (χ2v) is 6.17. The van der Waals surface area contributed by atoms with Crippen molar-refractivity contribution in [3.05, 3.63) is 40.3 Å². The van der Waals surface area contributed by atoms with Gasteiger partial charge in [0.25, 0.3) is 0 Å². The lowest BCUT2D eigenvalue weighted by Gasteiger charge is -2.14. The molecule has 1 aromatic heterocycles. The third-order valence-electron chi connectivity index (χ3n) is 3.76. The summed E-state index contributed by atoms with van der Waals surface area (Å²) < 4.78 is 5.69. The number of aromatic nitrogens is 1. The van der Waals surface area contributed by atoms with Crippen LogP contribution in [0.4, 0.5) is 0 Å². The summed E-state index contributed by atoms with van der Waals surface area (Å²) in [7, 11) is 0. The molecular weight excluding hydrogens is 323 g/mol. The standard InChI is InChI=1S/C16H16Cl2N2O2/c17-11-3-4-12(13(18)9-11)14-10-19-15(22-14)5-6-16(21)20-7-1-2-8-20/h3-4,9-10H,1-2,5-8H2. The van der Waals surface area contributed by atoms with Crippen LogP contribution in [0.1, 0.15) is 25.2 Å². The fourth-order valence-electron chi connectivity index (χ4n) is 2.58. The fraction of sp³-hybridized carbons (Fsp3) is 0.375. The normalized spacial score (nSPS) is 14.5. The summed E-state index contributed by atoms with van der Waals surface area (Å²) in [5, 5.41) is 1.09. The number of carbonyl (C=O) groups is 1. The average molecular weight is 339 g/mol. The Morgan fingerprint density at radius 3 is 2.77 bits per heavy atom. The Balaban J connectivity index is 1.64. The number of hydrogen-bond acceptors (Lipinski definition) is 3. The fourth-order valence-corrected chi connectivity index (χ4v) is 3.08. The van der Waals surface area contributed by atoms with Gasteiger partial charge in [0, 0.05) is 36.5 Å². The van der Waals surface area contributed by atoms with E-state index in [1.165, 1.54) is 0 Å². The summed E-state index contributed by atoms with van der Waals surface area (Å²) in [4.78, 5) is 18.1. The van der Waals surface area contributed by atoms with Gasteiger partial charge < -0.3 is 9.32 Å². The maximum absolute atomic E-state index is 12.0. The first kappa shape index (κ1) is 15.4. The van der Waals surface area contributed by atoms with Gasteiger partial charge in [-0.1, -0.05) is 23.2 Å². The molecule has 0 atom stereocenters. The van der Waals surface area contributed by atoms with Crippen molar-refractivity contribution in [1.82, 2.24) is 9.88 Å². The van der Waals surface area contributed by atoms with E-state index in [0.29, 0.717) is 34.5 Å². The summed E-state index contributed by atoms with van der Waals surface area (Å²) in [6, 6.07) is 5.21. The molecule has 0 bridgehead atoms. The molecule has 1 amide bonds. The highest BCUT2D eigenvalue weighted by atomic mass is 35.5. The minimum Gasteiger partial charge on any atom is -0.441 e. The van der Waals surface area contributed by atoms with E-state index in [1.807, 2.05) is 4.90 Å². The van der Waals surface area contributed by atoms with Crippen LogP contribution in [0.5, 0.6) is 0 Å². The van der Waals surface area contributed by atoms with Crippen LogP contribution in [0.15, 0.2) is 28.8 Å². The van der Waals surface area contributed by atoms with E-state index in [4.69, 9.17) is 27.6 Å². The minimum atomic E-state index is 0.168. The van der Waals surface area contributed by atoms with Crippen molar-refractivity contribution in [2.24, 2.45) is 0 Å². The lowest BCUT2D eigenvalue weighted by atomic mass is 10.2. The maximum Gasteiger partial charge on any atom is 0.223 e. The van der Waals surface area contributed by atoms with Crippen molar-refractivity contribution in [2.75, 3.05) is 13.1 Å². The Bertz CT molecular complexity index is 679. The SMILES string of the molecule is O=C(CCc1ncc(-c2ccc(Cl)cc2Cl)o1)N1CCCC1. The summed E-state index contributed by atoms with van der Waals surface area (Å²) in [6.07, 6.45) is 4.76. The number of likely N-dealkylation sites (tertiary alicyclic amines) is 1. The molecule has 0 radical (unpaired) electrons. The molecule has 0 spiro atoms. The average Bonchev–Trinajstić information content (AvgIpc) is 3.16. The van der Waals surface area contributed by atoms with Gasteiger partial charge >= 0.3 is 0 Å². The predicted molar refractivity (Wildman–Crippen MR) is 86.1 cm³/mol. The molecule has 1 saturated heterocycles. The number of rotatable bonds is 4. The van der Waals surface area contributed by atoms with Crippen molar-refractivity contribution in [3.8, 4) is 11.3 Å². The monoisotopic (exact) mass is 338 g/mol. The second kappa shape index (κ2) is 6.71. The first-order valence-electron chi connectivity index (χ1n) is 7.31. The Kier molecular flexibility index (Phi) is 4.69. The van der Waals surface area contributed by atoms with Crippen LogP contribution in [0.3, 0.4) is 0 Å². The van der Waals surface area contributed by atoms with Gasteiger partial charge in [-0.05, 0) is 31.0 Å². The largest absolute Gasteiger partial charge is 0.441 e. The van der Waals surface area contributed by atoms with Gasteiger partial charge in [0.1, 0.15) is 0 Å². The van der Waals surface area contributed by atoms with Gasteiger partial charge in [0.15, 0.2) is 11.7 Å². The highest BCUT2D eigenvalue weighted by Crippen LogP contribution is 2.30. The van der Waals surface area contributed by atoms with Crippen molar-refractivity contribution in [2.45, 2.75) is 25.7 Å². The molecule has 116 valence electrons. The predicted octanol–water partition coefficient (Wildman–Crippen LogP) is 4.20. The smallest absolute Gasteiger partial charge is 0.223 e. The van der Waals surface area contributed by atoms with E-state index >= 15 is 0 Å². The molecule has 2 aromatic rings. The summed E-state index contributed by atoms with van der Waals surface area (Å²) in [5.41, 5.74) is 0.746. The number of hydrogen-bond donors (Lipinski definition) is 0. The molecule has 0 aliphatic carbocycles. The zero-order chi connectivity index (χ0) is 15.5. The number of halogens is 2. The summed E-state index contributed by atoms with van der Waals surface area (Å²) in [6.45, 7) is 1.74. The summed E-state index contributed by atoms with van der Waals surface area (Å²) >= 11 is 12.0. The molecular formula is C16H16Cl2N2O2. The molecule has 0 unspecified atom stereocenters.